The van der Waals surface area contributed by atoms with Gasteiger partial charge in [-0.05, 0) is 36.4 Å². The van der Waals surface area contributed by atoms with Gasteiger partial charge in [0.05, 0.1) is 11.9 Å². The first-order chi connectivity index (χ1) is 8.63. The van der Waals surface area contributed by atoms with Crippen LogP contribution in [0.15, 0.2) is 41.5 Å². The van der Waals surface area contributed by atoms with Gasteiger partial charge in [-0.3, -0.25) is 5.43 Å². The average molecular weight is 284 g/mol. The second kappa shape index (κ2) is 5.80. The predicted molar refractivity (Wildman–Crippen MR) is 71.9 cm³/mol. The molecule has 1 heterocycles. The SMILES string of the molecule is Fc1ccc(N/N=C\c2cc(Cl)nc(Cl)c2)cc1. The molecule has 0 unspecified atom stereocenters. The fraction of sp³-hybridized carbons (Fsp3) is 0. The lowest BCUT2D eigenvalue weighted by atomic mass is 10.3. The highest BCUT2D eigenvalue weighted by Crippen LogP contribution is 2.13. The van der Waals surface area contributed by atoms with Crippen molar-refractivity contribution in [2.75, 3.05) is 5.43 Å². The van der Waals surface area contributed by atoms with Gasteiger partial charge in [0.15, 0.2) is 0 Å². The number of benzene rings is 1. The van der Waals surface area contributed by atoms with Crippen molar-refractivity contribution in [3.8, 4) is 0 Å². The zero-order valence-electron chi connectivity index (χ0n) is 9.07. The zero-order valence-corrected chi connectivity index (χ0v) is 10.6. The second-order valence-corrected chi connectivity index (χ2v) is 4.20. The van der Waals surface area contributed by atoms with Crippen LogP contribution in [0, 0.1) is 5.82 Å². The molecule has 18 heavy (non-hydrogen) atoms. The molecule has 0 spiro atoms. The molecule has 0 aliphatic heterocycles. The number of aromatic nitrogens is 1. The van der Waals surface area contributed by atoms with E-state index in [2.05, 4.69) is 15.5 Å². The number of pyridine rings is 1. The summed E-state index contributed by atoms with van der Waals surface area (Å²) in [5.74, 6) is -0.294. The van der Waals surface area contributed by atoms with Gasteiger partial charge in [0.1, 0.15) is 16.1 Å². The first kappa shape index (κ1) is 12.8. The van der Waals surface area contributed by atoms with Gasteiger partial charge >= 0.3 is 0 Å². The van der Waals surface area contributed by atoms with E-state index in [1.54, 1.807) is 30.5 Å². The number of rotatable bonds is 3. The highest BCUT2D eigenvalue weighted by molar-refractivity contribution is 6.32. The van der Waals surface area contributed by atoms with Crippen molar-refractivity contribution in [3.05, 3.63) is 58.1 Å². The molecule has 0 radical (unpaired) electrons. The minimum atomic E-state index is -0.294. The minimum Gasteiger partial charge on any atom is -0.279 e. The first-order valence-electron chi connectivity index (χ1n) is 5.01. The molecule has 0 aliphatic carbocycles. The van der Waals surface area contributed by atoms with Crippen LogP contribution in [-0.4, -0.2) is 11.2 Å². The van der Waals surface area contributed by atoms with Crippen molar-refractivity contribution in [1.82, 2.24) is 4.98 Å². The lowest BCUT2D eigenvalue weighted by Gasteiger charge is -1.99. The number of hydrazone groups is 1. The Kier molecular flexibility index (Phi) is 4.12. The van der Waals surface area contributed by atoms with Crippen LogP contribution in [0.5, 0.6) is 0 Å². The van der Waals surface area contributed by atoms with E-state index in [1.165, 1.54) is 12.1 Å². The largest absolute Gasteiger partial charge is 0.279 e. The standard InChI is InChI=1S/C12H8Cl2FN3/c13-11-5-8(6-12(14)17-11)7-16-18-10-3-1-9(15)2-4-10/h1-7,18H/b16-7-. The van der Waals surface area contributed by atoms with Crippen LogP contribution in [0.4, 0.5) is 10.1 Å². The van der Waals surface area contributed by atoms with Gasteiger partial charge in [0.2, 0.25) is 0 Å². The summed E-state index contributed by atoms with van der Waals surface area (Å²) < 4.78 is 12.7. The number of hydrogen-bond acceptors (Lipinski definition) is 3. The molecule has 0 atom stereocenters. The van der Waals surface area contributed by atoms with E-state index in [-0.39, 0.29) is 5.82 Å². The Morgan fingerprint density at radius 3 is 2.33 bits per heavy atom. The summed E-state index contributed by atoms with van der Waals surface area (Å²) >= 11 is 11.5. The molecule has 1 aromatic carbocycles. The molecule has 6 heteroatoms. The Bertz CT molecular complexity index is 550. The second-order valence-electron chi connectivity index (χ2n) is 3.42. The molecule has 0 bridgehead atoms. The van der Waals surface area contributed by atoms with Gasteiger partial charge in [0, 0.05) is 5.56 Å². The van der Waals surface area contributed by atoms with Gasteiger partial charge in [-0.2, -0.15) is 5.10 Å². The van der Waals surface area contributed by atoms with Gasteiger partial charge in [-0.1, -0.05) is 23.2 Å². The average Bonchev–Trinajstić information content (AvgIpc) is 2.30. The minimum absolute atomic E-state index is 0.294. The van der Waals surface area contributed by atoms with E-state index in [9.17, 15) is 4.39 Å². The van der Waals surface area contributed by atoms with E-state index >= 15 is 0 Å². The first-order valence-corrected chi connectivity index (χ1v) is 5.77. The Hall–Kier alpha value is -1.65. The third-order valence-electron chi connectivity index (χ3n) is 2.04. The van der Waals surface area contributed by atoms with Gasteiger partial charge in [0.25, 0.3) is 0 Å². The van der Waals surface area contributed by atoms with Gasteiger partial charge < -0.3 is 0 Å². The number of hydrogen-bond donors (Lipinski definition) is 1. The maximum atomic E-state index is 12.7. The van der Waals surface area contributed by atoms with Gasteiger partial charge in [-0.25, -0.2) is 9.37 Å². The fourth-order valence-corrected chi connectivity index (χ4v) is 1.74. The Labute approximate surface area is 113 Å². The van der Waals surface area contributed by atoms with E-state index in [0.29, 0.717) is 16.0 Å². The number of nitrogens with zero attached hydrogens (tertiary/aromatic N) is 2. The molecule has 0 saturated carbocycles. The van der Waals surface area contributed by atoms with Crippen LogP contribution < -0.4 is 5.43 Å². The Morgan fingerprint density at radius 2 is 1.72 bits per heavy atom. The van der Waals surface area contributed by atoms with E-state index in [4.69, 9.17) is 23.2 Å². The number of halogens is 3. The normalized spacial score (nSPS) is 10.8. The van der Waals surface area contributed by atoms with Crippen molar-refractivity contribution in [1.29, 1.82) is 0 Å². The maximum Gasteiger partial charge on any atom is 0.131 e. The van der Waals surface area contributed by atoms with Crippen LogP contribution in [0.3, 0.4) is 0 Å². The number of nitrogens with one attached hydrogen (secondary N) is 1. The van der Waals surface area contributed by atoms with Gasteiger partial charge in [-0.15, -0.1) is 0 Å². The predicted octanol–water partition coefficient (Wildman–Crippen LogP) is 3.97. The molecule has 0 aliphatic rings. The van der Waals surface area contributed by atoms with Crippen molar-refractivity contribution in [2.24, 2.45) is 5.10 Å². The molecule has 0 amide bonds. The highest BCUT2D eigenvalue weighted by atomic mass is 35.5. The van der Waals surface area contributed by atoms with E-state index in [0.717, 1.165) is 5.56 Å². The summed E-state index contributed by atoms with van der Waals surface area (Å²) in [6.45, 7) is 0. The summed E-state index contributed by atoms with van der Waals surface area (Å²) in [6.07, 6.45) is 1.54. The topological polar surface area (TPSA) is 37.3 Å². The van der Waals surface area contributed by atoms with Crippen molar-refractivity contribution >= 4 is 35.1 Å². The van der Waals surface area contributed by atoms with Crippen LogP contribution in [0.1, 0.15) is 5.56 Å². The lowest BCUT2D eigenvalue weighted by Crippen LogP contribution is -1.91. The molecule has 2 aromatic rings. The van der Waals surface area contributed by atoms with Crippen LogP contribution >= 0.6 is 23.2 Å². The quantitative estimate of drug-likeness (QED) is 0.526. The Balaban J connectivity index is 2.05. The van der Waals surface area contributed by atoms with E-state index in [1.807, 2.05) is 0 Å². The summed E-state index contributed by atoms with van der Waals surface area (Å²) in [5, 5.41) is 4.58. The molecule has 1 N–H and O–H groups in total. The monoisotopic (exact) mass is 283 g/mol. The molecule has 1 aromatic heterocycles. The molecule has 2 rings (SSSR count). The van der Waals surface area contributed by atoms with Crippen LogP contribution in [0.25, 0.3) is 0 Å². The lowest BCUT2D eigenvalue weighted by molar-refractivity contribution is 0.628. The number of anilines is 1. The van der Waals surface area contributed by atoms with E-state index < -0.39 is 0 Å². The third kappa shape index (κ3) is 3.68. The third-order valence-corrected chi connectivity index (χ3v) is 2.42. The molecule has 3 nitrogen and oxygen atoms in total. The Morgan fingerprint density at radius 1 is 1.11 bits per heavy atom. The summed E-state index contributed by atoms with van der Waals surface area (Å²) in [7, 11) is 0. The smallest absolute Gasteiger partial charge is 0.131 e. The summed E-state index contributed by atoms with van der Waals surface area (Å²) in [5.41, 5.74) is 4.15. The zero-order chi connectivity index (χ0) is 13.0. The summed E-state index contributed by atoms with van der Waals surface area (Å²) in [6, 6.07) is 9.11. The highest BCUT2D eigenvalue weighted by Gasteiger charge is 1.97. The maximum absolute atomic E-state index is 12.7. The molecule has 0 fully saturated rings. The van der Waals surface area contributed by atoms with Crippen molar-refractivity contribution < 1.29 is 4.39 Å². The molecule has 0 saturated heterocycles. The molecular weight excluding hydrogens is 276 g/mol. The van der Waals surface area contributed by atoms with Crippen LogP contribution in [-0.2, 0) is 0 Å². The fourth-order valence-electron chi connectivity index (χ4n) is 1.26. The molecular formula is C12H8Cl2FN3. The summed E-state index contributed by atoms with van der Waals surface area (Å²) in [4.78, 5) is 3.82. The van der Waals surface area contributed by atoms with Crippen molar-refractivity contribution in [2.45, 2.75) is 0 Å². The van der Waals surface area contributed by atoms with Crippen LogP contribution in [0.2, 0.25) is 10.3 Å². The molecule has 92 valence electrons. The van der Waals surface area contributed by atoms with Crippen molar-refractivity contribution in [3.63, 3.8) is 0 Å².